The van der Waals surface area contributed by atoms with Gasteiger partial charge in [0.05, 0.1) is 5.69 Å². The van der Waals surface area contributed by atoms with Gasteiger partial charge in [0.2, 0.25) is 5.95 Å². The Kier molecular flexibility index (Phi) is 6.81. The van der Waals surface area contributed by atoms with E-state index < -0.39 is 0 Å². The summed E-state index contributed by atoms with van der Waals surface area (Å²) in [6, 6.07) is 12.3. The summed E-state index contributed by atoms with van der Waals surface area (Å²) in [5, 5.41) is 3.30. The zero-order valence-corrected chi connectivity index (χ0v) is 14.2. The van der Waals surface area contributed by atoms with Crippen molar-refractivity contribution >= 4 is 11.8 Å². The second kappa shape index (κ2) is 9.10. The van der Waals surface area contributed by atoms with Crippen molar-refractivity contribution in [2.45, 2.75) is 20.3 Å². The third kappa shape index (κ3) is 4.93. The molecule has 5 nitrogen and oxygen atoms in total. The molecule has 0 radical (unpaired) electrons. The SMILES string of the molecule is CCN(CC)c1cc(-c2ccccc2)nc(NCCCOC)n1. The minimum Gasteiger partial charge on any atom is -0.385 e. The van der Waals surface area contributed by atoms with Crippen LogP contribution in [0, 0.1) is 0 Å². The highest BCUT2D eigenvalue weighted by atomic mass is 16.5. The predicted octanol–water partition coefficient (Wildman–Crippen LogP) is 3.44. The van der Waals surface area contributed by atoms with E-state index in [1.165, 1.54) is 0 Å². The molecule has 1 N–H and O–H groups in total. The molecule has 23 heavy (non-hydrogen) atoms. The van der Waals surface area contributed by atoms with Crippen molar-refractivity contribution in [2.75, 3.05) is 43.6 Å². The van der Waals surface area contributed by atoms with E-state index in [1.54, 1.807) is 7.11 Å². The molecule has 0 aliphatic rings. The monoisotopic (exact) mass is 314 g/mol. The van der Waals surface area contributed by atoms with E-state index >= 15 is 0 Å². The highest BCUT2D eigenvalue weighted by Crippen LogP contribution is 2.23. The number of hydrogen-bond donors (Lipinski definition) is 1. The number of anilines is 2. The lowest BCUT2D eigenvalue weighted by Gasteiger charge is -2.21. The Bertz CT molecular complexity index is 585. The fraction of sp³-hybridized carbons (Fsp3) is 0.444. The molecule has 0 atom stereocenters. The summed E-state index contributed by atoms with van der Waals surface area (Å²) in [5.74, 6) is 1.63. The van der Waals surface area contributed by atoms with Crippen LogP contribution in [0.4, 0.5) is 11.8 Å². The van der Waals surface area contributed by atoms with Crippen molar-refractivity contribution in [1.82, 2.24) is 9.97 Å². The largest absolute Gasteiger partial charge is 0.385 e. The maximum absolute atomic E-state index is 5.08. The quantitative estimate of drug-likeness (QED) is 0.719. The molecular weight excluding hydrogens is 288 g/mol. The molecule has 0 unspecified atom stereocenters. The second-order valence-electron chi connectivity index (χ2n) is 5.25. The average Bonchev–Trinajstić information content (AvgIpc) is 2.60. The summed E-state index contributed by atoms with van der Waals surface area (Å²) in [4.78, 5) is 11.6. The van der Waals surface area contributed by atoms with Crippen molar-refractivity contribution in [3.05, 3.63) is 36.4 Å². The van der Waals surface area contributed by atoms with E-state index in [1.807, 2.05) is 18.2 Å². The topological polar surface area (TPSA) is 50.3 Å². The fourth-order valence-corrected chi connectivity index (χ4v) is 2.40. The number of nitrogens with zero attached hydrogens (tertiary/aromatic N) is 3. The van der Waals surface area contributed by atoms with Crippen LogP contribution in [0.5, 0.6) is 0 Å². The summed E-state index contributed by atoms with van der Waals surface area (Å²) < 4.78 is 5.08. The van der Waals surface area contributed by atoms with Crippen LogP contribution in [-0.2, 0) is 4.74 Å². The van der Waals surface area contributed by atoms with Crippen molar-refractivity contribution in [1.29, 1.82) is 0 Å². The van der Waals surface area contributed by atoms with Crippen molar-refractivity contribution < 1.29 is 4.74 Å². The molecule has 0 saturated carbocycles. The molecule has 0 fully saturated rings. The third-order valence-corrected chi connectivity index (χ3v) is 3.68. The Balaban J connectivity index is 2.28. The standard InChI is InChI=1S/C18H26N4O/c1-4-22(5-2)17-14-16(15-10-7-6-8-11-15)20-18(21-17)19-12-9-13-23-3/h6-8,10-11,14H,4-5,9,12-13H2,1-3H3,(H,19,20,21). The van der Waals surface area contributed by atoms with E-state index in [4.69, 9.17) is 4.74 Å². The Morgan fingerprint density at radius 1 is 1.09 bits per heavy atom. The number of methoxy groups -OCH3 is 1. The van der Waals surface area contributed by atoms with E-state index in [2.05, 4.69) is 52.2 Å². The summed E-state index contributed by atoms with van der Waals surface area (Å²) >= 11 is 0. The Hall–Kier alpha value is -2.14. The van der Waals surface area contributed by atoms with Gasteiger partial charge in [-0.2, -0.15) is 4.98 Å². The van der Waals surface area contributed by atoms with Gasteiger partial charge in [-0.15, -0.1) is 0 Å². The van der Waals surface area contributed by atoms with Crippen LogP contribution < -0.4 is 10.2 Å². The van der Waals surface area contributed by atoms with Crippen molar-refractivity contribution in [2.24, 2.45) is 0 Å². The highest BCUT2D eigenvalue weighted by molar-refractivity contribution is 5.64. The van der Waals surface area contributed by atoms with Crippen LogP contribution in [0.1, 0.15) is 20.3 Å². The lowest BCUT2D eigenvalue weighted by molar-refractivity contribution is 0.197. The van der Waals surface area contributed by atoms with E-state index in [0.717, 1.165) is 49.7 Å². The molecule has 124 valence electrons. The molecule has 2 rings (SSSR count). The van der Waals surface area contributed by atoms with Crippen LogP contribution in [0.25, 0.3) is 11.3 Å². The first kappa shape index (κ1) is 17.2. The highest BCUT2D eigenvalue weighted by Gasteiger charge is 2.10. The zero-order chi connectivity index (χ0) is 16.5. The number of ether oxygens (including phenoxy) is 1. The van der Waals surface area contributed by atoms with Crippen molar-refractivity contribution in [3.63, 3.8) is 0 Å². The van der Waals surface area contributed by atoms with Gasteiger partial charge in [0.25, 0.3) is 0 Å². The van der Waals surface area contributed by atoms with Gasteiger partial charge < -0.3 is 15.0 Å². The summed E-state index contributed by atoms with van der Waals surface area (Å²) in [6.07, 6.45) is 0.927. The molecule has 5 heteroatoms. The third-order valence-electron chi connectivity index (χ3n) is 3.68. The molecule has 0 aliphatic heterocycles. The minimum atomic E-state index is 0.671. The molecule has 2 aromatic rings. The summed E-state index contributed by atoms with van der Waals surface area (Å²) in [5.41, 5.74) is 2.04. The molecule has 1 heterocycles. The second-order valence-corrected chi connectivity index (χ2v) is 5.25. The number of nitrogens with one attached hydrogen (secondary N) is 1. The van der Waals surface area contributed by atoms with Gasteiger partial charge >= 0.3 is 0 Å². The van der Waals surface area contributed by atoms with E-state index in [-0.39, 0.29) is 0 Å². The zero-order valence-electron chi connectivity index (χ0n) is 14.2. The number of hydrogen-bond acceptors (Lipinski definition) is 5. The van der Waals surface area contributed by atoms with Gasteiger partial charge in [-0.05, 0) is 20.3 Å². The van der Waals surface area contributed by atoms with Crippen LogP contribution in [0.3, 0.4) is 0 Å². The molecule has 1 aromatic carbocycles. The minimum absolute atomic E-state index is 0.671. The van der Waals surface area contributed by atoms with Gasteiger partial charge in [-0.25, -0.2) is 4.98 Å². The van der Waals surface area contributed by atoms with Gasteiger partial charge in [0, 0.05) is 45.0 Å². The lowest BCUT2D eigenvalue weighted by atomic mass is 10.1. The van der Waals surface area contributed by atoms with Gasteiger partial charge in [0.15, 0.2) is 0 Å². The van der Waals surface area contributed by atoms with Gasteiger partial charge in [0.1, 0.15) is 5.82 Å². The number of benzene rings is 1. The normalized spacial score (nSPS) is 10.6. The van der Waals surface area contributed by atoms with Crippen LogP contribution in [0.2, 0.25) is 0 Å². The molecule has 0 spiro atoms. The molecule has 1 aromatic heterocycles. The summed E-state index contributed by atoms with van der Waals surface area (Å²) in [7, 11) is 1.71. The van der Waals surface area contributed by atoms with E-state index in [0.29, 0.717) is 5.95 Å². The maximum Gasteiger partial charge on any atom is 0.225 e. The van der Waals surface area contributed by atoms with Crippen molar-refractivity contribution in [3.8, 4) is 11.3 Å². The average molecular weight is 314 g/mol. The van der Waals surface area contributed by atoms with Gasteiger partial charge in [-0.3, -0.25) is 0 Å². The molecular formula is C18H26N4O. The summed E-state index contributed by atoms with van der Waals surface area (Å²) in [6.45, 7) is 7.65. The Morgan fingerprint density at radius 3 is 2.48 bits per heavy atom. The molecule has 0 saturated heterocycles. The fourth-order valence-electron chi connectivity index (χ4n) is 2.40. The van der Waals surface area contributed by atoms with Crippen LogP contribution in [0.15, 0.2) is 36.4 Å². The number of aromatic nitrogens is 2. The first-order valence-corrected chi connectivity index (χ1v) is 8.20. The Labute approximate surface area is 138 Å². The number of rotatable bonds is 9. The first-order chi connectivity index (χ1) is 11.3. The lowest BCUT2D eigenvalue weighted by Crippen LogP contribution is -2.23. The van der Waals surface area contributed by atoms with Gasteiger partial charge in [-0.1, -0.05) is 30.3 Å². The Morgan fingerprint density at radius 2 is 1.83 bits per heavy atom. The first-order valence-electron chi connectivity index (χ1n) is 8.20. The van der Waals surface area contributed by atoms with Crippen LogP contribution in [-0.4, -0.2) is 43.3 Å². The molecule has 0 aliphatic carbocycles. The smallest absolute Gasteiger partial charge is 0.225 e. The predicted molar refractivity (Wildman–Crippen MR) is 96.0 cm³/mol. The molecule has 0 amide bonds. The molecule has 0 bridgehead atoms. The van der Waals surface area contributed by atoms with E-state index in [9.17, 15) is 0 Å². The van der Waals surface area contributed by atoms with Crippen LogP contribution >= 0.6 is 0 Å². The maximum atomic E-state index is 5.08.